The number of unbranched alkanes of at least 4 members (excludes halogenated alkanes) is 1. The predicted octanol–water partition coefficient (Wildman–Crippen LogP) is 1.31. The van der Waals surface area contributed by atoms with E-state index >= 15 is 0 Å². The fourth-order valence-electron chi connectivity index (χ4n) is 1.96. The zero-order valence-electron chi connectivity index (χ0n) is 11.1. The Morgan fingerprint density at radius 3 is 2.88 bits per heavy atom. The van der Waals surface area contributed by atoms with Crippen LogP contribution < -0.4 is 10.6 Å². The van der Waals surface area contributed by atoms with Crippen LogP contribution in [-0.4, -0.2) is 38.3 Å². The van der Waals surface area contributed by atoms with Gasteiger partial charge in [0.25, 0.3) is 0 Å². The van der Waals surface area contributed by atoms with Crippen LogP contribution in [0.5, 0.6) is 0 Å². The van der Waals surface area contributed by atoms with Gasteiger partial charge >= 0.3 is 0 Å². The van der Waals surface area contributed by atoms with Crippen LogP contribution in [0.1, 0.15) is 39.5 Å². The van der Waals surface area contributed by atoms with E-state index in [9.17, 15) is 4.79 Å². The van der Waals surface area contributed by atoms with Gasteiger partial charge in [-0.2, -0.15) is 0 Å². The van der Waals surface area contributed by atoms with Crippen LogP contribution >= 0.6 is 0 Å². The Labute approximate surface area is 104 Å². The zero-order chi connectivity index (χ0) is 12.5. The van der Waals surface area contributed by atoms with Crippen LogP contribution in [-0.2, 0) is 9.53 Å². The first-order valence-electron chi connectivity index (χ1n) is 6.83. The topological polar surface area (TPSA) is 50.4 Å². The molecule has 1 amide bonds. The molecule has 2 atom stereocenters. The Morgan fingerprint density at radius 1 is 1.41 bits per heavy atom. The second kappa shape index (κ2) is 8.48. The summed E-state index contributed by atoms with van der Waals surface area (Å²) in [5.74, 6) is 0.310. The quantitative estimate of drug-likeness (QED) is 0.662. The number of carbonyl (C=O) groups is 1. The third-order valence-corrected chi connectivity index (χ3v) is 3.22. The lowest BCUT2D eigenvalue weighted by Crippen LogP contribution is -2.44. The minimum Gasteiger partial charge on any atom is -0.380 e. The molecule has 1 heterocycles. The van der Waals surface area contributed by atoms with Gasteiger partial charge in [0.05, 0.1) is 12.5 Å². The average molecular weight is 242 g/mol. The molecule has 1 fully saturated rings. The summed E-state index contributed by atoms with van der Waals surface area (Å²) in [6.07, 6.45) is 4.33. The Bertz CT molecular complexity index is 213. The second-order valence-electron chi connectivity index (χ2n) is 4.84. The van der Waals surface area contributed by atoms with Gasteiger partial charge < -0.3 is 15.4 Å². The molecule has 1 saturated heterocycles. The van der Waals surface area contributed by atoms with Gasteiger partial charge in [0.1, 0.15) is 0 Å². The van der Waals surface area contributed by atoms with Gasteiger partial charge in [-0.25, -0.2) is 0 Å². The van der Waals surface area contributed by atoms with E-state index in [1.54, 1.807) is 0 Å². The molecule has 0 aromatic rings. The van der Waals surface area contributed by atoms with E-state index in [-0.39, 0.29) is 11.8 Å². The van der Waals surface area contributed by atoms with Crippen LogP contribution in [0.2, 0.25) is 0 Å². The highest BCUT2D eigenvalue weighted by Crippen LogP contribution is 2.13. The van der Waals surface area contributed by atoms with Crippen LogP contribution in [0.15, 0.2) is 0 Å². The lowest BCUT2D eigenvalue weighted by atomic mass is 9.95. The molecule has 0 radical (unpaired) electrons. The average Bonchev–Trinajstić information content (AvgIpc) is 2.34. The predicted molar refractivity (Wildman–Crippen MR) is 68.9 cm³/mol. The largest absolute Gasteiger partial charge is 0.380 e. The molecule has 17 heavy (non-hydrogen) atoms. The van der Waals surface area contributed by atoms with E-state index in [0.29, 0.717) is 19.2 Å². The van der Waals surface area contributed by atoms with Gasteiger partial charge in [0, 0.05) is 25.7 Å². The molecule has 0 spiro atoms. The van der Waals surface area contributed by atoms with Crippen molar-refractivity contribution in [2.45, 2.75) is 45.6 Å². The number of amides is 1. The highest BCUT2D eigenvalue weighted by Gasteiger charge is 2.23. The highest BCUT2D eigenvalue weighted by atomic mass is 16.5. The molecule has 4 nitrogen and oxygen atoms in total. The molecular weight excluding hydrogens is 216 g/mol. The van der Waals surface area contributed by atoms with Crippen molar-refractivity contribution in [2.75, 3.05) is 26.3 Å². The summed E-state index contributed by atoms with van der Waals surface area (Å²) in [7, 11) is 0. The number of piperidine rings is 1. The normalized spacial score (nSPS) is 24.6. The molecule has 1 aliphatic rings. The molecule has 0 aromatic heterocycles. The van der Waals surface area contributed by atoms with Crippen molar-refractivity contribution in [1.82, 2.24) is 10.6 Å². The summed E-state index contributed by atoms with van der Waals surface area (Å²) in [5.41, 5.74) is 0. The van der Waals surface area contributed by atoms with Crippen LogP contribution in [0.3, 0.4) is 0 Å². The Balaban J connectivity index is 2.01. The van der Waals surface area contributed by atoms with Gasteiger partial charge in [-0.15, -0.1) is 0 Å². The van der Waals surface area contributed by atoms with Crippen LogP contribution in [0, 0.1) is 5.92 Å². The summed E-state index contributed by atoms with van der Waals surface area (Å²) >= 11 is 0. The number of hydrogen-bond donors (Lipinski definition) is 2. The van der Waals surface area contributed by atoms with E-state index in [0.717, 1.165) is 38.8 Å². The van der Waals surface area contributed by atoms with Crippen molar-refractivity contribution in [3.05, 3.63) is 0 Å². The third kappa shape index (κ3) is 6.03. The molecule has 2 N–H and O–H groups in total. The van der Waals surface area contributed by atoms with Gasteiger partial charge in [0.2, 0.25) is 5.91 Å². The van der Waals surface area contributed by atoms with Crippen LogP contribution in [0.4, 0.5) is 0 Å². The van der Waals surface area contributed by atoms with Crippen molar-refractivity contribution < 1.29 is 9.53 Å². The molecule has 100 valence electrons. The monoisotopic (exact) mass is 242 g/mol. The van der Waals surface area contributed by atoms with Crippen molar-refractivity contribution in [3.63, 3.8) is 0 Å². The maximum atomic E-state index is 11.8. The first-order chi connectivity index (χ1) is 8.24. The number of carbonyl (C=O) groups excluding carboxylic acids is 1. The first kappa shape index (κ1) is 14.5. The summed E-state index contributed by atoms with van der Waals surface area (Å²) in [5, 5.41) is 6.28. The van der Waals surface area contributed by atoms with Crippen LogP contribution in [0.25, 0.3) is 0 Å². The summed E-state index contributed by atoms with van der Waals surface area (Å²) in [6, 6.07) is 0.552. The van der Waals surface area contributed by atoms with E-state index in [4.69, 9.17) is 4.74 Å². The van der Waals surface area contributed by atoms with E-state index in [1.807, 2.05) is 0 Å². The SMILES string of the molecule is CCCCOCCNC(=O)C1CCC(C)NC1. The Kier molecular flexibility index (Phi) is 7.21. The van der Waals surface area contributed by atoms with Gasteiger partial charge in [-0.3, -0.25) is 4.79 Å². The molecule has 0 aliphatic carbocycles. The van der Waals surface area contributed by atoms with Crippen molar-refractivity contribution in [1.29, 1.82) is 0 Å². The smallest absolute Gasteiger partial charge is 0.224 e. The maximum absolute atomic E-state index is 11.8. The van der Waals surface area contributed by atoms with E-state index in [1.165, 1.54) is 0 Å². The summed E-state index contributed by atoms with van der Waals surface area (Å²) in [4.78, 5) is 11.8. The van der Waals surface area contributed by atoms with Gasteiger partial charge in [-0.05, 0) is 26.2 Å². The Hall–Kier alpha value is -0.610. The molecule has 1 aliphatic heterocycles. The molecule has 0 aromatic carbocycles. The number of nitrogens with one attached hydrogen (secondary N) is 2. The molecule has 0 bridgehead atoms. The fraction of sp³-hybridized carbons (Fsp3) is 0.923. The molecule has 4 heteroatoms. The highest BCUT2D eigenvalue weighted by molar-refractivity contribution is 5.78. The molecular formula is C13H26N2O2. The van der Waals surface area contributed by atoms with Gasteiger partial charge in [0.15, 0.2) is 0 Å². The molecule has 0 saturated carbocycles. The number of rotatable bonds is 7. The molecule has 1 rings (SSSR count). The first-order valence-corrected chi connectivity index (χ1v) is 6.83. The van der Waals surface area contributed by atoms with Crippen molar-refractivity contribution in [3.8, 4) is 0 Å². The zero-order valence-corrected chi connectivity index (χ0v) is 11.1. The van der Waals surface area contributed by atoms with Gasteiger partial charge in [-0.1, -0.05) is 13.3 Å². The Morgan fingerprint density at radius 2 is 2.24 bits per heavy atom. The third-order valence-electron chi connectivity index (χ3n) is 3.22. The number of ether oxygens (including phenoxy) is 1. The van der Waals surface area contributed by atoms with E-state index < -0.39 is 0 Å². The minimum absolute atomic E-state index is 0.141. The fourth-order valence-corrected chi connectivity index (χ4v) is 1.96. The molecule has 2 unspecified atom stereocenters. The standard InChI is InChI=1S/C13H26N2O2/c1-3-4-8-17-9-7-14-13(16)12-6-5-11(2)15-10-12/h11-12,15H,3-10H2,1-2H3,(H,14,16). The lowest BCUT2D eigenvalue weighted by molar-refractivity contribution is -0.125. The second-order valence-corrected chi connectivity index (χ2v) is 4.84. The lowest BCUT2D eigenvalue weighted by Gasteiger charge is -2.26. The summed E-state index contributed by atoms with van der Waals surface area (Å²) in [6.45, 7) is 7.17. The number of hydrogen-bond acceptors (Lipinski definition) is 3. The van der Waals surface area contributed by atoms with Crippen molar-refractivity contribution >= 4 is 5.91 Å². The maximum Gasteiger partial charge on any atom is 0.224 e. The van der Waals surface area contributed by atoms with Crippen molar-refractivity contribution in [2.24, 2.45) is 5.92 Å². The van der Waals surface area contributed by atoms with E-state index in [2.05, 4.69) is 24.5 Å². The summed E-state index contributed by atoms with van der Waals surface area (Å²) < 4.78 is 5.40. The minimum atomic E-state index is 0.141.